The van der Waals surface area contributed by atoms with Crippen LogP contribution in [0.1, 0.15) is 23.2 Å². The first kappa shape index (κ1) is 16.9. The quantitative estimate of drug-likeness (QED) is 0.807. The smallest absolute Gasteiger partial charge is 0.251 e. The van der Waals surface area contributed by atoms with Crippen molar-refractivity contribution in [3.8, 4) is 5.69 Å². The van der Waals surface area contributed by atoms with E-state index in [1.54, 1.807) is 35.1 Å². The van der Waals surface area contributed by atoms with Gasteiger partial charge in [0.15, 0.2) is 0 Å². The molecule has 1 aromatic carbocycles. The molecule has 0 atom stereocenters. The summed E-state index contributed by atoms with van der Waals surface area (Å²) in [4.78, 5) is 30.0. The first-order valence-corrected chi connectivity index (χ1v) is 8.28. The van der Waals surface area contributed by atoms with Crippen LogP contribution in [0, 0.1) is 5.92 Å². The zero-order valence-electron chi connectivity index (χ0n) is 14.1. The number of hydrogen-bond donors (Lipinski definition) is 1. The molecule has 0 saturated carbocycles. The maximum atomic E-state index is 12.2. The number of benzene rings is 1. The zero-order valence-corrected chi connectivity index (χ0v) is 14.1. The summed E-state index contributed by atoms with van der Waals surface area (Å²) in [5.74, 6) is 0.0370. The highest BCUT2D eigenvalue weighted by atomic mass is 16.2. The molecule has 0 saturated heterocycles. The van der Waals surface area contributed by atoms with Crippen molar-refractivity contribution in [2.45, 2.75) is 12.8 Å². The van der Waals surface area contributed by atoms with Gasteiger partial charge in [-0.25, -0.2) is 9.67 Å². The molecule has 0 spiro atoms. The molecule has 3 rings (SSSR count). The van der Waals surface area contributed by atoms with Gasteiger partial charge in [-0.2, -0.15) is 5.10 Å². The average Bonchev–Trinajstić information content (AvgIpc) is 3.34. The molecule has 1 heterocycles. The van der Waals surface area contributed by atoms with Crippen molar-refractivity contribution < 1.29 is 9.59 Å². The van der Waals surface area contributed by atoms with Crippen LogP contribution in [0.3, 0.4) is 0 Å². The van der Waals surface area contributed by atoms with E-state index in [0.717, 1.165) is 18.5 Å². The van der Waals surface area contributed by atoms with E-state index in [0.29, 0.717) is 18.7 Å². The van der Waals surface area contributed by atoms with E-state index in [1.165, 1.54) is 6.33 Å². The second-order valence-electron chi connectivity index (χ2n) is 6.04. The van der Waals surface area contributed by atoms with Gasteiger partial charge in [0.2, 0.25) is 5.91 Å². The lowest BCUT2D eigenvalue weighted by Gasteiger charge is -2.21. The van der Waals surface area contributed by atoms with Gasteiger partial charge < -0.3 is 10.2 Å². The molecule has 0 aliphatic heterocycles. The molecule has 7 nitrogen and oxygen atoms in total. The van der Waals surface area contributed by atoms with Crippen molar-refractivity contribution in [1.29, 1.82) is 0 Å². The third-order valence-corrected chi connectivity index (χ3v) is 4.28. The van der Waals surface area contributed by atoms with Gasteiger partial charge in [0.25, 0.3) is 5.91 Å². The molecule has 1 aliphatic rings. The molecule has 1 aromatic heterocycles. The van der Waals surface area contributed by atoms with E-state index < -0.39 is 0 Å². The first-order valence-electron chi connectivity index (χ1n) is 8.28. The number of nitrogens with one attached hydrogen (secondary N) is 1. The predicted octanol–water partition coefficient (Wildman–Crippen LogP) is 1.42. The number of rotatable bonds is 6. The Hall–Kier alpha value is -2.96. The van der Waals surface area contributed by atoms with Crippen LogP contribution in [0.2, 0.25) is 0 Å². The summed E-state index contributed by atoms with van der Waals surface area (Å²) in [5.41, 5.74) is 1.40. The van der Waals surface area contributed by atoms with Gasteiger partial charge in [0.05, 0.1) is 5.69 Å². The Kier molecular flexibility index (Phi) is 5.23. The summed E-state index contributed by atoms with van der Waals surface area (Å²) < 4.78 is 1.63. The Bertz CT molecular complexity index is 744. The minimum Gasteiger partial charge on any atom is -0.350 e. The monoisotopic (exact) mass is 339 g/mol. The topological polar surface area (TPSA) is 80.1 Å². The van der Waals surface area contributed by atoms with E-state index in [9.17, 15) is 9.59 Å². The summed E-state index contributed by atoms with van der Waals surface area (Å²) in [5, 5.41) is 6.89. The summed E-state index contributed by atoms with van der Waals surface area (Å²) in [6.07, 6.45) is 8.77. The highest BCUT2D eigenvalue weighted by Crippen LogP contribution is 2.19. The van der Waals surface area contributed by atoms with Gasteiger partial charge in [-0.05, 0) is 37.1 Å². The Balaban J connectivity index is 1.46. The van der Waals surface area contributed by atoms with Crippen molar-refractivity contribution in [1.82, 2.24) is 25.0 Å². The molecule has 130 valence electrons. The third kappa shape index (κ3) is 4.12. The molecule has 7 heteroatoms. The number of allylic oxidation sites excluding steroid dienone is 2. The summed E-state index contributed by atoms with van der Waals surface area (Å²) in [7, 11) is 1.78. The second-order valence-corrected chi connectivity index (χ2v) is 6.04. The Morgan fingerprint density at radius 2 is 1.96 bits per heavy atom. The standard InChI is InChI=1S/C18H21N5O2/c1-22(18(25)15-4-2-3-5-15)11-10-20-17(24)14-6-8-16(9-7-14)23-13-19-12-21-23/h2-3,6-9,12-13,15H,4-5,10-11H2,1H3,(H,20,24). The number of carbonyl (C=O) groups excluding carboxylic acids is 2. The van der Waals surface area contributed by atoms with Crippen molar-refractivity contribution >= 4 is 11.8 Å². The number of aromatic nitrogens is 3. The molecule has 0 radical (unpaired) electrons. The van der Waals surface area contributed by atoms with Crippen LogP contribution in [-0.2, 0) is 4.79 Å². The molecule has 1 N–H and O–H groups in total. The molecule has 0 fully saturated rings. The van der Waals surface area contributed by atoms with Crippen LogP contribution in [0.4, 0.5) is 0 Å². The summed E-state index contributed by atoms with van der Waals surface area (Å²) in [6.45, 7) is 0.921. The van der Waals surface area contributed by atoms with Crippen molar-refractivity contribution in [2.75, 3.05) is 20.1 Å². The SMILES string of the molecule is CN(CCNC(=O)c1ccc(-n2cncn2)cc1)C(=O)C1CC=CC1. The van der Waals surface area contributed by atoms with Gasteiger partial charge in [-0.1, -0.05) is 12.2 Å². The number of hydrogen-bond acceptors (Lipinski definition) is 4. The van der Waals surface area contributed by atoms with E-state index in [2.05, 4.69) is 15.4 Å². The highest BCUT2D eigenvalue weighted by molar-refractivity contribution is 5.94. The number of carbonyl (C=O) groups is 2. The lowest BCUT2D eigenvalue weighted by molar-refractivity contribution is -0.133. The van der Waals surface area contributed by atoms with E-state index in [4.69, 9.17) is 0 Å². The fourth-order valence-electron chi connectivity index (χ4n) is 2.79. The van der Waals surface area contributed by atoms with E-state index in [-0.39, 0.29) is 17.7 Å². The van der Waals surface area contributed by atoms with Crippen LogP contribution in [0.5, 0.6) is 0 Å². The lowest BCUT2D eigenvalue weighted by atomic mass is 10.1. The molecule has 2 amide bonds. The minimum atomic E-state index is -0.159. The zero-order chi connectivity index (χ0) is 17.6. The van der Waals surface area contributed by atoms with Crippen LogP contribution in [-0.4, -0.2) is 51.6 Å². The Morgan fingerprint density at radius 3 is 2.60 bits per heavy atom. The van der Waals surface area contributed by atoms with E-state index in [1.807, 2.05) is 24.3 Å². The largest absolute Gasteiger partial charge is 0.350 e. The predicted molar refractivity (Wildman–Crippen MR) is 93.2 cm³/mol. The van der Waals surface area contributed by atoms with Gasteiger partial charge in [0.1, 0.15) is 12.7 Å². The van der Waals surface area contributed by atoms with Crippen LogP contribution in [0.15, 0.2) is 49.1 Å². The molecular weight excluding hydrogens is 318 g/mol. The maximum absolute atomic E-state index is 12.2. The molecular formula is C18H21N5O2. The Labute approximate surface area is 146 Å². The van der Waals surface area contributed by atoms with Gasteiger partial charge in [0, 0.05) is 31.6 Å². The van der Waals surface area contributed by atoms with Gasteiger partial charge in [-0.15, -0.1) is 0 Å². The minimum absolute atomic E-state index is 0.0602. The fraction of sp³-hybridized carbons (Fsp3) is 0.333. The first-order chi connectivity index (χ1) is 12.1. The lowest BCUT2D eigenvalue weighted by Crippen LogP contribution is -2.38. The van der Waals surface area contributed by atoms with Crippen LogP contribution < -0.4 is 5.32 Å². The average molecular weight is 339 g/mol. The molecule has 1 aliphatic carbocycles. The normalized spacial score (nSPS) is 13.8. The molecule has 2 aromatic rings. The van der Waals surface area contributed by atoms with Crippen molar-refractivity contribution in [3.05, 3.63) is 54.6 Å². The molecule has 25 heavy (non-hydrogen) atoms. The van der Waals surface area contributed by atoms with Gasteiger partial charge >= 0.3 is 0 Å². The Morgan fingerprint density at radius 1 is 1.24 bits per heavy atom. The summed E-state index contributed by atoms with van der Waals surface area (Å²) >= 11 is 0. The van der Waals surface area contributed by atoms with Gasteiger partial charge in [-0.3, -0.25) is 9.59 Å². The van der Waals surface area contributed by atoms with Crippen molar-refractivity contribution in [2.24, 2.45) is 5.92 Å². The number of likely N-dealkylation sites (N-methyl/N-ethyl adjacent to an activating group) is 1. The van der Waals surface area contributed by atoms with Crippen molar-refractivity contribution in [3.63, 3.8) is 0 Å². The maximum Gasteiger partial charge on any atom is 0.251 e. The molecule has 0 bridgehead atoms. The number of amides is 2. The second kappa shape index (κ2) is 7.74. The fourth-order valence-corrected chi connectivity index (χ4v) is 2.79. The van der Waals surface area contributed by atoms with E-state index >= 15 is 0 Å². The highest BCUT2D eigenvalue weighted by Gasteiger charge is 2.22. The summed E-state index contributed by atoms with van der Waals surface area (Å²) in [6, 6.07) is 7.11. The third-order valence-electron chi connectivity index (χ3n) is 4.28. The van der Waals surface area contributed by atoms with Crippen LogP contribution >= 0.6 is 0 Å². The number of nitrogens with zero attached hydrogens (tertiary/aromatic N) is 4. The molecule has 0 unspecified atom stereocenters. The van der Waals surface area contributed by atoms with Crippen LogP contribution in [0.25, 0.3) is 5.69 Å².